The van der Waals surface area contributed by atoms with Crippen LogP contribution in [0.25, 0.3) is 0 Å². The highest BCUT2D eigenvalue weighted by molar-refractivity contribution is 5.44. The maximum Gasteiger partial charge on any atom is 0.0991 e. The van der Waals surface area contributed by atoms with Gasteiger partial charge in [0.1, 0.15) is 0 Å². The summed E-state index contributed by atoms with van der Waals surface area (Å²) in [5.74, 6) is 0.733. The summed E-state index contributed by atoms with van der Waals surface area (Å²) in [4.78, 5) is 0. The lowest BCUT2D eigenvalue weighted by Gasteiger charge is -2.28. The molecule has 2 nitrogen and oxygen atoms in total. The zero-order chi connectivity index (χ0) is 13.1. The zero-order valence-corrected chi connectivity index (χ0v) is 11.0. The molecule has 1 aromatic rings. The summed E-state index contributed by atoms with van der Waals surface area (Å²) in [5, 5.41) is 8.91. The van der Waals surface area contributed by atoms with E-state index in [1.54, 1.807) is 7.11 Å². The van der Waals surface area contributed by atoms with Crippen molar-refractivity contribution in [3.8, 4) is 6.07 Å². The van der Waals surface area contributed by atoms with E-state index in [9.17, 15) is 0 Å². The monoisotopic (exact) mass is 229 g/mol. The normalized spacial score (nSPS) is 10.8. The van der Waals surface area contributed by atoms with Crippen LogP contribution < -0.4 is 0 Å². The molecule has 0 N–H and O–H groups in total. The van der Waals surface area contributed by atoms with E-state index in [1.165, 1.54) is 11.1 Å². The van der Waals surface area contributed by atoms with Crippen molar-refractivity contribution in [2.45, 2.75) is 32.6 Å². The molecule has 0 fully saturated rings. The van der Waals surface area contributed by atoms with Gasteiger partial charge in [-0.1, -0.05) is 19.6 Å². The van der Waals surface area contributed by atoms with Gasteiger partial charge in [0.15, 0.2) is 0 Å². The average Bonchev–Trinajstić information content (AvgIpc) is 2.36. The molecule has 0 heterocycles. The Labute approximate surface area is 104 Å². The fourth-order valence-corrected chi connectivity index (χ4v) is 1.97. The lowest BCUT2D eigenvalue weighted by molar-refractivity contribution is 0.236. The van der Waals surface area contributed by atoms with Crippen LogP contribution in [0.5, 0.6) is 0 Å². The second kappa shape index (κ2) is 5.05. The topological polar surface area (TPSA) is 33.0 Å². The Morgan fingerprint density at radius 2 is 2.12 bits per heavy atom. The number of nitrogens with zero attached hydrogens (tertiary/aromatic N) is 1. The van der Waals surface area contributed by atoms with Crippen LogP contribution in [0.15, 0.2) is 30.5 Å². The number of hydrogen-bond acceptors (Lipinski definition) is 2. The highest BCUT2D eigenvalue weighted by atomic mass is 16.5. The first-order valence-electron chi connectivity index (χ1n) is 5.74. The van der Waals surface area contributed by atoms with Gasteiger partial charge in [-0.25, -0.2) is 0 Å². The van der Waals surface area contributed by atoms with Crippen LogP contribution >= 0.6 is 0 Å². The highest BCUT2D eigenvalue weighted by Crippen LogP contribution is 2.33. The van der Waals surface area contributed by atoms with Crippen molar-refractivity contribution in [3.05, 3.63) is 47.2 Å². The molecule has 0 saturated heterocycles. The van der Waals surface area contributed by atoms with Crippen molar-refractivity contribution in [1.82, 2.24) is 0 Å². The lowest BCUT2D eigenvalue weighted by Crippen LogP contribution is -2.22. The predicted molar refractivity (Wildman–Crippen MR) is 69.7 cm³/mol. The molecule has 2 heteroatoms. The molecule has 0 aliphatic heterocycles. The van der Waals surface area contributed by atoms with Gasteiger partial charge >= 0.3 is 0 Å². The SMILES string of the molecule is C=C(OC)C(C)(C)c1ccc(C#N)cc1CC. The molecule has 90 valence electrons. The van der Waals surface area contributed by atoms with E-state index in [0.29, 0.717) is 5.56 Å². The molecule has 0 radical (unpaired) electrons. The van der Waals surface area contributed by atoms with Gasteiger partial charge in [0.2, 0.25) is 0 Å². The Morgan fingerprint density at radius 1 is 1.47 bits per heavy atom. The molecule has 0 saturated carbocycles. The van der Waals surface area contributed by atoms with Gasteiger partial charge in [0.05, 0.1) is 24.5 Å². The summed E-state index contributed by atoms with van der Waals surface area (Å²) < 4.78 is 5.27. The summed E-state index contributed by atoms with van der Waals surface area (Å²) >= 11 is 0. The third kappa shape index (κ3) is 2.50. The largest absolute Gasteiger partial charge is 0.501 e. The minimum atomic E-state index is -0.242. The van der Waals surface area contributed by atoms with Crippen LogP contribution in [-0.2, 0) is 16.6 Å². The summed E-state index contributed by atoms with van der Waals surface area (Å²) in [6.45, 7) is 10.2. The van der Waals surface area contributed by atoms with Gasteiger partial charge in [-0.3, -0.25) is 0 Å². The van der Waals surface area contributed by atoms with Crippen LogP contribution in [-0.4, -0.2) is 7.11 Å². The fourth-order valence-electron chi connectivity index (χ4n) is 1.97. The van der Waals surface area contributed by atoms with Crippen LogP contribution in [0.4, 0.5) is 0 Å². The van der Waals surface area contributed by atoms with E-state index in [4.69, 9.17) is 10.00 Å². The fraction of sp³-hybridized carbons (Fsp3) is 0.400. The van der Waals surface area contributed by atoms with Crippen molar-refractivity contribution in [1.29, 1.82) is 5.26 Å². The van der Waals surface area contributed by atoms with Crippen molar-refractivity contribution in [2.75, 3.05) is 7.11 Å². The van der Waals surface area contributed by atoms with E-state index in [0.717, 1.165) is 12.2 Å². The molecular formula is C15H19NO. The molecule has 0 aliphatic rings. The van der Waals surface area contributed by atoms with E-state index >= 15 is 0 Å². The van der Waals surface area contributed by atoms with Gasteiger partial charge in [0.25, 0.3) is 0 Å². The quantitative estimate of drug-likeness (QED) is 0.739. The van der Waals surface area contributed by atoms with E-state index in [1.807, 2.05) is 18.2 Å². The summed E-state index contributed by atoms with van der Waals surface area (Å²) in [6.07, 6.45) is 0.894. The molecule has 0 spiro atoms. The highest BCUT2D eigenvalue weighted by Gasteiger charge is 2.27. The van der Waals surface area contributed by atoms with Gasteiger partial charge in [-0.2, -0.15) is 5.26 Å². The first-order valence-corrected chi connectivity index (χ1v) is 5.74. The maximum absolute atomic E-state index is 8.91. The van der Waals surface area contributed by atoms with Crippen molar-refractivity contribution in [3.63, 3.8) is 0 Å². The van der Waals surface area contributed by atoms with Crippen LogP contribution in [0.3, 0.4) is 0 Å². The molecule has 0 unspecified atom stereocenters. The molecule has 0 atom stereocenters. The van der Waals surface area contributed by atoms with Crippen LogP contribution in [0.2, 0.25) is 0 Å². The van der Waals surface area contributed by atoms with Gasteiger partial charge in [-0.15, -0.1) is 0 Å². The number of methoxy groups -OCH3 is 1. The molecule has 17 heavy (non-hydrogen) atoms. The summed E-state index contributed by atoms with van der Waals surface area (Å²) in [6, 6.07) is 7.96. The molecular weight excluding hydrogens is 210 g/mol. The van der Waals surface area contributed by atoms with Gasteiger partial charge in [0, 0.05) is 5.41 Å². The third-order valence-electron chi connectivity index (χ3n) is 3.23. The minimum Gasteiger partial charge on any atom is -0.501 e. The number of allylic oxidation sites excluding steroid dienone is 1. The van der Waals surface area contributed by atoms with Crippen molar-refractivity contribution >= 4 is 0 Å². The second-order valence-electron chi connectivity index (χ2n) is 4.59. The number of nitriles is 1. The average molecular weight is 229 g/mol. The standard InChI is InChI=1S/C15H19NO/c1-6-13-9-12(10-16)7-8-14(13)15(3,4)11(2)17-5/h7-9H,2,6H2,1,3-5H3. The molecule has 0 bridgehead atoms. The predicted octanol–water partition coefficient (Wildman–Crippen LogP) is 3.56. The Kier molecular flexibility index (Phi) is 3.96. The Balaban J connectivity index is 3.32. The lowest BCUT2D eigenvalue weighted by atomic mass is 9.79. The molecule has 0 aromatic heterocycles. The first-order chi connectivity index (χ1) is 7.97. The minimum absolute atomic E-state index is 0.242. The zero-order valence-electron chi connectivity index (χ0n) is 11.0. The number of benzene rings is 1. The molecule has 0 aliphatic carbocycles. The molecule has 1 aromatic carbocycles. The smallest absolute Gasteiger partial charge is 0.0991 e. The second-order valence-corrected chi connectivity index (χ2v) is 4.59. The summed E-state index contributed by atoms with van der Waals surface area (Å²) in [5.41, 5.74) is 2.80. The van der Waals surface area contributed by atoms with E-state index in [-0.39, 0.29) is 5.41 Å². The third-order valence-corrected chi connectivity index (χ3v) is 3.23. The summed E-state index contributed by atoms with van der Waals surface area (Å²) in [7, 11) is 1.64. The Bertz CT molecular complexity index is 466. The molecule has 0 amide bonds. The van der Waals surface area contributed by atoms with E-state index in [2.05, 4.69) is 33.4 Å². The van der Waals surface area contributed by atoms with Gasteiger partial charge < -0.3 is 4.74 Å². The first kappa shape index (κ1) is 13.3. The van der Waals surface area contributed by atoms with Crippen LogP contribution in [0, 0.1) is 11.3 Å². The number of hydrogen-bond donors (Lipinski definition) is 0. The van der Waals surface area contributed by atoms with Crippen molar-refractivity contribution in [2.24, 2.45) is 0 Å². The Morgan fingerprint density at radius 3 is 2.59 bits per heavy atom. The van der Waals surface area contributed by atoms with Crippen molar-refractivity contribution < 1.29 is 4.74 Å². The van der Waals surface area contributed by atoms with Crippen LogP contribution in [0.1, 0.15) is 37.5 Å². The van der Waals surface area contributed by atoms with E-state index < -0.39 is 0 Å². The number of rotatable bonds is 4. The van der Waals surface area contributed by atoms with Gasteiger partial charge in [-0.05, 0) is 43.5 Å². The number of aryl methyl sites for hydroxylation is 1. The molecule has 1 rings (SSSR count). The Hall–Kier alpha value is -1.75. The maximum atomic E-state index is 8.91. The number of ether oxygens (including phenoxy) is 1.